The van der Waals surface area contributed by atoms with Crippen LogP contribution in [-0.4, -0.2) is 30.4 Å². The second-order valence-electron chi connectivity index (χ2n) is 5.04. The first-order chi connectivity index (χ1) is 9.16. The topological polar surface area (TPSA) is 32.3 Å². The molecule has 1 fully saturated rings. The molecule has 1 aromatic heterocycles. The molecule has 0 bridgehead atoms. The van der Waals surface area contributed by atoms with E-state index in [2.05, 4.69) is 12.2 Å². The van der Waals surface area contributed by atoms with Crippen LogP contribution in [0.1, 0.15) is 43.5 Å². The fourth-order valence-corrected chi connectivity index (χ4v) is 3.42. The standard InChI is InChI=1S/C14H21ClN2OS/c1-11(12-6-7-13(15)19-12)16-10-14(18)17-8-4-2-3-5-9-17/h6-7,11,16H,2-5,8-10H2,1H3. The van der Waals surface area contributed by atoms with E-state index in [1.807, 2.05) is 17.0 Å². The Bertz CT molecular complexity index is 413. The molecular weight excluding hydrogens is 280 g/mol. The van der Waals surface area contributed by atoms with Crippen LogP contribution in [0, 0.1) is 0 Å². The Morgan fingerprint density at radius 2 is 2.05 bits per heavy atom. The smallest absolute Gasteiger partial charge is 0.236 e. The van der Waals surface area contributed by atoms with Crippen LogP contribution < -0.4 is 5.32 Å². The molecule has 106 valence electrons. The van der Waals surface area contributed by atoms with Crippen molar-refractivity contribution in [2.45, 2.75) is 38.6 Å². The predicted molar refractivity (Wildman–Crippen MR) is 80.8 cm³/mol. The van der Waals surface area contributed by atoms with Gasteiger partial charge in [-0.3, -0.25) is 4.79 Å². The molecule has 1 saturated heterocycles. The Balaban J connectivity index is 1.79. The van der Waals surface area contributed by atoms with Gasteiger partial charge in [0.1, 0.15) is 0 Å². The summed E-state index contributed by atoms with van der Waals surface area (Å²) in [5.41, 5.74) is 0. The fourth-order valence-electron chi connectivity index (χ4n) is 2.33. The molecule has 0 aliphatic carbocycles. The summed E-state index contributed by atoms with van der Waals surface area (Å²) in [5.74, 6) is 0.219. The van der Waals surface area contributed by atoms with Crippen LogP contribution in [0.4, 0.5) is 0 Å². The zero-order chi connectivity index (χ0) is 13.7. The van der Waals surface area contributed by atoms with Crippen molar-refractivity contribution in [2.24, 2.45) is 0 Å². The number of nitrogens with one attached hydrogen (secondary N) is 1. The van der Waals surface area contributed by atoms with Crippen LogP contribution in [0.15, 0.2) is 12.1 Å². The minimum Gasteiger partial charge on any atom is -0.342 e. The van der Waals surface area contributed by atoms with E-state index in [1.165, 1.54) is 17.7 Å². The fraction of sp³-hybridized carbons (Fsp3) is 0.643. The lowest BCUT2D eigenvalue weighted by Crippen LogP contribution is -2.39. The van der Waals surface area contributed by atoms with E-state index in [4.69, 9.17) is 11.6 Å². The average Bonchev–Trinajstić information content (AvgIpc) is 2.68. The molecule has 0 radical (unpaired) electrons. The summed E-state index contributed by atoms with van der Waals surface area (Å²) in [7, 11) is 0. The van der Waals surface area contributed by atoms with E-state index >= 15 is 0 Å². The van der Waals surface area contributed by atoms with Gasteiger partial charge in [-0.25, -0.2) is 0 Å². The lowest BCUT2D eigenvalue weighted by atomic mass is 10.2. The van der Waals surface area contributed by atoms with E-state index < -0.39 is 0 Å². The highest BCUT2D eigenvalue weighted by atomic mass is 35.5. The lowest BCUT2D eigenvalue weighted by molar-refractivity contribution is -0.130. The normalized spacial score (nSPS) is 18.1. The molecule has 3 nitrogen and oxygen atoms in total. The van der Waals surface area contributed by atoms with E-state index in [9.17, 15) is 4.79 Å². The summed E-state index contributed by atoms with van der Waals surface area (Å²) in [4.78, 5) is 15.3. The van der Waals surface area contributed by atoms with Crippen molar-refractivity contribution in [3.63, 3.8) is 0 Å². The van der Waals surface area contributed by atoms with Gasteiger partial charge >= 0.3 is 0 Å². The summed E-state index contributed by atoms with van der Waals surface area (Å²) in [5, 5.41) is 3.29. The van der Waals surface area contributed by atoms with Crippen LogP contribution in [0.2, 0.25) is 4.34 Å². The largest absolute Gasteiger partial charge is 0.342 e. The van der Waals surface area contributed by atoms with Gasteiger partial charge in [-0.05, 0) is 31.9 Å². The zero-order valence-corrected chi connectivity index (χ0v) is 12.9. The number of nitrogens with zero attached hydrogens (tertiary/aromatic N) is 1. The number of hydrogen-bond acceptors (Lipinski definition) is 3. The van der Waals surface area contributed by atoms with Gasteiger partial charge in [0.2, 0.25) is 5.91 Å². The Labute approximate surface area is 123 Å². The van der Waals surface area contributed by atoms with Crippen molar-refractivity contribution in [3.05, 3.63) is 21.3 Å². The molecule has 1 unspecified atom stereocenters. The van der Waals surface area contributed by atoms with Gasteiger partial charge in [-0.15, -0.1) is 11.3 Å². The van der Waals surface area contributed by atoms with Crippen molar-refractivity contribution in [2.75, 3.05) is 19.6 Å². The summed E-state index contributed by atoms with van der Waals surface area (Å²) >= 11 is 7.49. The third-order valence-corrected chi connectivity index (χ3v) is 4.95. The minimum atomic E-state index is 0.174. The van der Waals surface area contributed by atoms with Gasteiger partial charge in [-0.2, -0.15) is 0 Å². The molecule has 2 rings (SSSR count). The SMILES string of the molecule is CC(NCC(=O)N1CCCCCC1)c1ccc(Cl)s1. The number of thiophene rings is 1. The number of halogens is 1. The summed E-state index contributed by atoms with van der Waals surface area (Å²) in [6.45, 7) is 4.31. The first kappa shape index (κ1) is 14.8. The van der Waals surface area contributed by atoms with E-state index in [-0.39, 0.29) is 11.9 Å². The lowest BCUT2D eigenvalue weighted by Gasteiger charge is -2.21. The minimum absolute atomic E-state index is 0.174. The summed E-state index contributed by atoms with van der Waals surface area (Å²) in [6, 6.07) is 4.09. The molecule has 0 spiro atoms. The molecule has 1 aliphatic rings. The van der Waals surface area contributed by atoms with Crippen molar-refractivity contribution in [1.82, 2.24) is 10.2 Å². The van der Waals surface area contributed by atoms with Gasteiger partial charge in [-0.1, -0.05) is 24.4 Å². The highest BCUT2D eigenvalue weighted by molar-refractivity contribution is 7.16. The molecule has 2 heterocycles. The summed E-state index contributed by atoms with van der Waals surface area (Å²) in [6.07, 6.45) is 4.78. The van der Waals surface area contributed by atoms with Gasteiger partial charge in [0.25, 0.3) is 0 Å². The number of carbonyl (C=O) groups excluding carboxylic acids is 1. The third kappa shape index (κ3) is 4.48. The van der Waals surface area contributed by atoms with Gasteiger partial charge in [0.15, 0.2) is 0 Å². The molecule has 1 atom stereocenters. The molecule has 19 heavy (non-hydrogen) atoms. The molecular formula is C14H21ClN2OS. The van der Waals surface area contributed by atoms with Crippen LogP contribution in [0.3, 0.4) is 0 Å². The third-order valence-electron chi connectivity index (χ3n) is 3.54. The van der Waals surface area contributed by atoms with Crippen LogP contribution in [0.5, 0.6) is 0 Å². The van der Waals surface area contributed by atoms with Crippen LogP contribution in [-0.2, 0) is 4.79 Å². The van der Waals surface area contributed by atoms with Crippen molar-refractivity contribution < 1.29 is 4.79 Å². The van der Waals surface area contributed by atoms with E-state index in [1.54, 1.807) is 11.3 Å². The molecule has 1 aliphatic heterocycles. The molecule has 1 aromatic rings. The average molecular weight is 301 g/mol. The van der Waals surface area contributed by atoms with Gasteiger partial charge in [0, 0.05) is 24.0 Å². The summed E-state index contributed by atoms with van der Waals surface area (Å²) < 4.78 is 0.794. The van der Waals surface area contributed by atoms with E-state index in [0.29, 0.717) is 6.54 Å². The Hall–Kier alpha value is -0.580. The molecule has 5 heteroatoms. The number of rotatable bonds is 4. The maximum atomic E-state index is 12.1. The highest BCUT2D eigenvalue weighted by Gasteiger charge is 2.16. The maximum Gasteiger partial charge on any atom is 0.236 e. The predicted octanol–water partition coefficient (Wildman–Crippen LogP) is 3.45. The van der Waals surface area contributed by atoms with Crippen molar-refractivity contribution >= 4 is 28.8 Å². The zero-order valence-electron chi connectivity index (χ0n) is 11.3. The quantitative estimate of drug-likeness (QED) is 0.923. The second kappa shape index (κ2) is 7.27. The molecule has 1 amide bonds. The number of hydrogen-bond donors (Lipinski definition) is 1. The monoisotopic (exact) mass is 300 g/mol. The number of carbonyl (C=O) groups is 1. The first-order valence-electron chi connectivity index (χ1n) is 6.93. The van der Waals surface area contributed by atoms with E-state index in [0.717, 1.165) is 30.3 Å². The first-order valence-corrected chi connectivity index (χ1v) is 8.12. The number of amides is 1. The Kier molecular flexibility index (Phi) is 5.67. The number of likely N-dealkylation sites (tertiary alicyclic amines) is 1. The Morgan fingerprint density at radius 1 is 1.37 bits per heavy atom. The van der Waals surface area contributed by atoms with Crippen LogP contribution in [0.25, 0.3) is 0 Å². The van der Waals surface area contributed by atoms with Gasteiger partial charge < -0.3 is 10.2 Å². The molecule has 0 saturated carbocycles. The van der Waals surface area contributed by atoms with Crippen LogP contribution >= 0.6 is 22.9 Å². The van der Waals surface area contributed by atoms with Crippen molar-refractivity contribution in [3.8, 4) is 0 Å². The van der Waals surface area contributed by atoms with Crippen molar-refractivity contribution in [1.29, 1.82) is 0 Å². The second-order valence-corrected chi connectivity index (χ2v) is 6.79. The highest BCUT2D eigenvalue weighted by Crippen LogP contribution is 2.26. The Morgan fingerprint density at radius 3 is 2.63 bits per heavy atom. The molecule has 1 N–H and O–H groups in total. The maximum absolute atomic E-state index is 12.1. The molecule has 0 aromatic carbocycles. The van der Waals surface area contributed by atoms with Gasteiger partial charge in [0.05, 0.1) is 10.9 Å².